The van der Waals surface area contributed by atoms with Gasteiger partial charge in [-0.3, -0.25) is 0 Å². The van der Waals surface area contributed by atoms with Crippen LogP contribution in [0.5, 0.6) is 11.5 Å². The van der Waals surface area contributed by atoms with E-state index in [1.54, 1.807) is 13.2 Å². The second-order valence-corrected chi connectivity index (χ2v) is 6.01. The molecule has 2 nitrogen and oxygen atoms in total. The van der Waals surface area contributed by atoms with Crippen molar-refractivity contribution in [2.75, 3.05) is 7.11 Å². The van der Waals surface area contributed by atoms with Gasteiger partial charge in [0.15, 0.2) is 0 Å². The van der Waals surface area contributed by atoms with E-state index in [2.05, 4.69) is 31.9 Å². The summed E-state index contributed by atoms with van der Waals surface area (Å²) in [6.07, 6.45) is 0. The largest absolute Gasteiger partial charge is 0.496 e. The number of hydrogen-bond acceptors (Lipinski definition) is 2. The van der Waals surface area contributed by atoms with Crippen molar-refractivity contribution < 1.29 is 9.47 Å². The summed E-state index contributed by atoms with van der Waals surface area (Å²) in [6, 6.07) is 11.4. The van der Waals surface area contributed by atoms with Crippen molar-refractivity contribution in [3.05, 3.63) is 55.9 Å². The minimum Gasteiger partial charge on any atom is -0.496 e. The Morgan fingerprint density at radius 1 is 1.05 bits per heavy atom. The lowest BCUT2D eigenvalue weighted by atomic mass is 10.2. The normalized spacial score (nSPS) is 10.3. The average Bonchev–Trinajstić information content (AvgIpc) is 2.38. The number of ether oxygens (including phenoxy) is 2. The van der Waals surface area contributed by atoms with Crippen molar-refractivity contribution >= 4 is 43.5 Å². The highest BCUT2D eigenvalue weighted by molar-refractivity contribution is 9.10. The fourth-order valence-electron chi connectivity index (χ4n) is 1.55. The zero-order valence-electron chi connectivity index (χ0n) is 10.1. The molecule has 2 aromatic carbocycles. The summed E-state index contributed by atoms with van der Waals surface area (Å²) in [4.78, 5) is 0. The maximum atomic E-state index is 6.09. The van der Waals surface area contributed by atoms with Crippen LogP contribution >= 0.6 is 43.5 Å². The molecule has 0 aliphatic rings. The van der Waals surface area contributed by atoms with Crippen molar-refractivity contribution in [3.63, 3.8) is 0 Å². The highest BCUT2D eigenvalue weighted by Gasteiger charge is 2.05. The molecule has 0 spiro atoms. The molecule has 19 heavy (non-hydrogen) atoms. The van der Waals surface area contributed by atoms with Gasteiger partial charge < -0.3 is 9.47 Å². The molecular formula is C14H11Br2ClO2. The van der Waals surface area contributed by atoms with Gasteiger partial charge in [0.05, 0.1) is 16.6 Å². The molecule has 0 N–H and O–H groups in total. The van der Waals surface area contributed by atoms with E-state index < -0.39 is 0 Å². The van der Waals surface area contributed by atoms with Gasteiger partial charge >= 0.3 is 0 Å². The van der Waals surface area contributed by atoms with Gasteiger partial charge in [-0.15, -0.1) is 0 Å². The maximum Gasteiger partial charge on any atom is 0.138 e. The SMILES string of the molecule is COc1ccc(COc2ccc(Br)cc2Cl)cc1Br. The third-order valence-corrected chi connectivity index (χ3v) is 3.91. The van der Waals surface area contributed by atoms with Crippen LogP contribution in [0.3, 0.4) is 0 Å². The van der Waals surface area contributed by atoms with E-state index in [1.807, 2.05) is 30.3 Å². The van der Waals surface area contributed by atoms with Crippen molar-refractivity contribution in [3.8, 4) is 11.5 Å². The van der Waals surface area contributed by atoms with Crippen LogP contribution in [-0.2, 0) is 6.61 Å². The van der Waals surface area contributed by atoms with Crippen molar-refractivity contribution in [2.24, 2.45) is 0 Å². The molecule has 100 valence electrons. The summed E-state index contributed by atoms with van der Waals surface area (Å²) in [5.41, 5.74) is 1.03. The molecule has 0 bridgehead atoms. The topological polar surface area (TPSA) is 18.5 Å². The lowest BCUT2D eigenvalue weighted by Crippen LogP contribution is -1.96. The van der Waals surface area contributed by atoms with Crippen LogP contribution in [0, 0.1) is 0 Å². The molecular weight excluding hydrogens is 395 g/mol. The maximum absolute atomic E-state index is 6.09. The van der Waals surface area contributed by atoms with Crippen LogP contribution in [0.25, 0.3) is 0 Å². The number of rotatable bonds is 4. The van der Waals surface area contributed by atoms with Crippen LogP contribution < -0.4 is 9.47 Å². The molecule has 0 unspecified atom stereocenters. The van der Waals surface area contributed by atoms with Crippen molar-refractivity contribution in [1.82, 2.24) is 0 Å². The second kappa shape index (κ2) is 6.64. The molecule has 5 heteroatoms. The monoisotopic (exact) mass is 404 g/mol. The summed E-state index contributed by atoms with van der Waals surface area (Å²) >= 11 is 12.9. The fourth-order valence-corrected chi connectivity index (χ4v) is 2.87. The predicted octanol–water partition coefficient (Wildman–Crippen LogP) is 5.45. The Kier molecular flexibility index (Phi) is 5.13. The molecule has 0 atom stereocenters. The van der Waals surface area contributed by atoms with Crippen LogP contribution in [-0.4, -0.2) is 7.11 Å². The Morgan fingerprint density at radius 3 is 2.42 bits per heavy atom. The second-order valence-electron chi connectivity index (χ2n) is 3.83. The quantitative estimate of drug-likeness (QED) is 0.672. The number of methoxy groups -OCH3 is 1. The molecule has 0 amide bonds. The Morgan fingerprint density at radius 2 is 1.79 bits per heavy atom. The first kappa shape index (κ1) is 14.7. The lowest BCUT2D eigenvalue weighted by Gasteiger charge is -2.10. The summed E-state index contributed by atoms with van der Waals surface area (Å²) in [5.74, 6) is 1.46. The molecule has 0 aliphatic heterocycles. The van der Waals surface area contributed by atoms with Gasteiger partial charge in [-0.2, -0.15) is 0 Å². The van der Waals surface area contributed by atoms with Gasteiger partial charge in [-0.1, -0.05) is 33.6 Å². The molecule has 2 aromatic rings. The van der Waals surface area contributed by atoms with E-state index in [1.165, 1.54) is 0 Å². The Labute approximate surface area is 133 Å². The first-order chi connectivity index (χ1) is 9.10. The molecule has 0 radical (unpaired) electrons. The van der Waals surface area contributed by atoms with Crippen molar-refractivity contribution in [2.45, 2.75) is 6.61 Å². The highest BCUT2D eigenvalue weighted by atomic mass is 79.9. The van der Waals surface area contributed by atoms with Gasteiger partial charge in [0.25, 0.3) is 0 Å². The minimum absolute atomic E-state index is 0.448. The standard InChI is InChI=1S/C14H11Br2ClO2/c1-18-13-4-2-9(6-11(13)16)8-19-14-5-3-10(15)7-12(14)17/h2-7H,8H2,1H3. The van der Waals surface area contributed by atoms with E-state index in [-0.39, 0.29) is 0 Å². The summed E-state index contributed by atoms with van der Waals surface area (Å²) < 4.78 is 12.7. The van der Waals surface area contributed by atoms with Gasteiger partial charge in [-0.25, -0.2) is 0 Å². The van der Waals surface area contributed by atoms with E-state index >= 15 is 0 Å². The number of halogens is 3. The van der Waals surface area contributed by atoms with Gasteiger partial charge in [-0.05, 0) is 51.8 Å². The first-order valence-electron chi connectivity index (χ1n) is 5.50. The molecule has 0 fully saturated rings. The molecule has 0 saturated heterocycles. The van der Waals surface area contributed by atoms with E-state index in [9.17, 15) is 0 Å². The number of benzene rings is 2. The smallest absolute Gasteiger partial charge is 0.138 e. The first-order valence-corrected chi connectivity index (χ1v) is 7.47. The number of hydrogen-bond donors (Lipinski definition) is 0. The third kappa shape index (κ3) is 3.88. The van der Waals surface area contributed by atoms with Gasteiger partial charge in [0.2, 0.25) is 0 Å². The van der Waals surface area contributed by atoms with Crippen LogP contribution in [0.4, 0.5) is 0 Å². The highest BCUT2D eigenvalue weighted by Crippen LogP contribution is 2.29. The predicted molar refractivity (Wildman–Crippen MR) is 84.2 cm³/mol. The molecule has 0 heterocycles. The summed E-state index contributed by atoms with van der Waals surface area (Å²) in [6.45, 7) is 0.448. The van der Waals surface area contributed by atoms with Crippen LogP contribution in [0.1, 0.15) is 5.56 Å². The van der Waals surface area contributed by atoms with Gasteiger partial charge in [0.1, 0.15) is 18.1 Å². The van der Waals surface area contributed by atoms with Crippen LogP contribution in [0.15, 0.2) is 45.3 Å². The molecule has 0 aromatic heterocycles. The zero-order valence-corrected chi connectivity index (χ0v) is 14.0. The Balaban J connectivity index is 2.08. The van der Waals surface area contributed by atoms with Crippen molar-refractivity contribution in [1.29, 1.82) is 0 Å². The lowest BCUT2D eigenvalue weighted by molar-refractivity contribution is 0.306. The average molecular weight is 407 g/mol. The van der Waals surface area contributed by atoms with Gasteiger partial charge in [0, 0.05) is 4.47 Å². The third-order valence-electron chi connectivity index (χ3n) is 2.50. The molecule has 2 rings (SSSR count). The minimum atomic E-state index is 0.448. The van der Waals surface area contributed by atoms with E-state index in [4.69, 9.17) is 21.1 Å². The van der Waals surface area contributed by atoms with Crippen LogP contribution in [0.2, 0.25) is 5.02 Å². The summed E-state index contributed by atoms with van der Waals surface area (Å²) in [5, 5.41) is 0.585. The fraction of sp³-hybridized carbons (Fsp3) is 0.143. The zero-order chi connectivity index (χ0) is 13.8. The van der Waals surface area contributed by atoms with E-state index in [0.717, 1.165) is 20.3 Å². The Bertz CT molecular complexity index is 588. The Hall–Kier alpha value is -0.710. The molecule has 0 saturated carbocycles. The van der Waals surface area contributed by atoms with E-state index in [0.29, 0.717) is 17.4 Å². The summed E-state index contributed by atoms with van der Waals surface area (Å²) in [7, 11) is 1.64. The molecule has 0 aliphatic carbocycles.